The lowest BCUT2D eigenvalue weighted by Gasteiger charge is -2.34. The summed E-state index contributed by atoms with van der Waals surface area (Å²) in [6.45, 7) is 0.943. The van der Waals surface area contributed by atoms with Gasteiger partial charge in [-0.2, -0.15) is 0 Å². The summed E-state index contributed by atoms with van der Waals surface area (Å²) in [6.07, 6.45) is 5.96. The van der Waals surface area contributed by atoms with E-state index in [1.165, 1.54) is 5.56 Å². The Hall–Kier alpha value is -2.14. The van der Waals surface area contributed by atoms with Crippen LogP contribution in [-0.4, -0.2) is 39.9 Å². The fourth-order valence-electron chi connectivity index (χ4n) is 3.10. The molecule has 1 amide bonds. The molecule has 1 aliphatic rings. The quantitative estimate of drug-likeness (QED) is 0.903. The molecule has 1 fully saturated rings. The molecule has 0 aliphatic carbocycles. The van der Waals surface area contributed by atoms with Crippen LogP contribution in [0.2, 0.25) is 0 Å². The van der Waals surface area contributed by atoms with Crippen molar-refractivity contribution in [1.82, 2.24) is 14.9 Å². The van der Waals surface area contributed by atoms with Gasteiger partial charge in [0, 0.05) is 12.4 Å². The molecule has 0 spiro atoms. The summed E-state index contributed by atoms with van der Waals surface area (Å²) in [4.78, 5) is 22.0. The summed E-state index contributed by atoms with van der Waals surface area (Å²) in [7, 11) is 2.03. The van der Waals surface area contributed by atoms with Gasteiger partial charge in [-0.25, -0.2) is 4.98 Å². The van der Waals surface area contributed by atoms with Crippen molar-refractivity contribution in [2.24, 2.45) is 0 Å². The number of aromatic amines is 1. The van der Waals surface area contributed by atoms with Crippen LogP contribution in [0.3, 0.4) is 0 Å². The van der Waals surface area contributed by atoms with Crippen molar-refractivity contribution in [3.8, 4) is 0 Å². The largest absolute Gasteiger partial charge is 0.331 e. The van der Waals surface area contributed by atoms with Gasteiger partial charge in [-0.15, -0.1) is 0 Å². The molecule has 1 atom stereocenters. The van der Waals surface area contributed by atoms with Gasteiger partial charge in [0.05, 0.1) is 0 Å². The lowest BCUT2D eigenvalue weighted by Crippen LogP contribution is -2.53. The first-order valence-corrected chi connectivity index (χ1v) is 7.27. The first kappa shape index (κ1) is 13.8. The van der Waals surface area contributed by atoms with Crippen molar-refractivity contribution in [2.45, 2.75) is 24.8 Å². The number of imidazole rings is 1. The third-order valence-electron chi connectivity index (χ3n) is 4.31. The molecule has 2 heterocycles. The van der Waals surface area contributed by atoms with Crippen LogP contribution in [0.15, 0.2) is 42.7 Å². The first-order chi connectivity index (χ1) is 10.2. The third kappa shape index (κ3) is 2.69. The monoisotopic (exact) mass is 284 g/mol. The Morgan fingerprint density at radius 3 is 2.86 bits per heavy atom. The second-order valence-corrected chi connectivity index (χ2v) is 5.61. The summed E-state index contributed by atoms with van der Waals surface area (Å²) in [5, 5.41) is 2.91. The van der Waals surface area contributed by atoms with E-state index in [1.54, 1.807) is 12.4 Å². The van der Waals surface area contributed by atoms with Crippen LogP contribution in [0.25, 0.3) is 0 Å². The van der Waals surface area contributed by atoms with Crippen LogP contribution < -0.4 is 5.32 Å². The van der Waals surface area contributed by atoms with Crippen LogP contribution in [0, 0.1) is 0 Å². The molecular formula is C16H20N4O. The molecule has 2 N–H and O–H groups in total. The highest BCUT2D eigenvalue weighted by atomic mass is 16.2. The summed E-state index contributed by atoms with van der Waals surface area (Å²) in [5.41, 5.74) is 0.689. The summed E-state index contributed by atoms with van der Waals surface area (Å²) in [5.74, 6) is 0.522. The summed E-state index contributed by atoms with van der Waals surface area (Å²) >= 11 is 0. The standard InChI is InChI=1S/C16H20N4O/c1-20-11-5-8-16(20,12-13-6-3-2-4-7-13)14(21)19-15-17-9-10-18-15/h2-4,6-7,9-10H,5,8,11-12H2,1H3,(H2,17,18,19,21). The number of carbonyl (C=O) groups excluding carboxylic acids is 1. The third-order valence-corrected chi connectivity index (χ3v) is 4.31. The molecule has 1 aliphatic heterocycles. The van der Waals surface area contributed by atoms with Gasteiger partial charge in [0.25, 0.3) is 0 Å². The number of hydrogen-bond donors (Lipinski definition) is 2. The average Bonchev–Trinajstić information content (AvgIpc) is 3.11. The number of likely N-dealkylation sites (N-methyl/N-ethyl adjacent to an activating group) is 1. The van der Waals surface area contributed by atoms with Gasteiger partial charge < -0.3 is 4.98 Å². The number of hydrogen-bond acceptors (Lipinski definition) is 3. The van der Waals surface area contributed by atoms with E-state index in [9.17, 15) is 4.79 Å². The number of carbonyl (C=O) groups is 1. The Balaban J connectivity index is 1.85. The molecule has 1 unspecified atom stereocenters. The van der Waals surface area contributed by atoms with E-state index >= 15 is 0 Å². The van der Waals surface area contributed by atoms with E-state index in [1.807, 2.05) is 25.2 Å². The minimum absolute atomic E-state index is 0.0151. The van der Waals surface area contributed by atoms with Gasteiger partial charge in [0.1, 0.15) is 5.54 Å². The van der Waals surface area contributed by atoms with E-state index in [-0.39, 0.29) is 5.91 Å². The second-order valence-electron chi connectivity index (χ2n) is 5.61. The maximum Gasteiger partial charge on any atom is 0.247 e. The lowest BCUT2D eigenvalue weighted by atomic mass is 9.87. The van der Waals surface area contributed by atoms with Gasteiger partial charge in [0.2, 0.25) is 11.9 Å². The van der Waals surface area contributed by atoms with E-state index in [0.717, 1.165) is 25.8 Å². The number of amides is 1. The number of H-pyrrole nitrogens is 1. The maximum absolute atomic E-state index is 12.8. The lowest BCUT2D eigenvalue weighted by molar-refractivity contribution is -0.125. The normalized spacial score (nSPS) is 22.3. The predicted octanol–water partition coefficient (Wildman–Crippen LogP) is 2.06. The number of rotatable bonds is 4. The Kier molecular flexibility index (Phi) is 3.75. The molecule has 110 valence electrons. The smallest absolute Gasteiger partial charge is 0.247 e. The Labute approximate surface area is 124 Å². The number of nitrogens with one attached hydrogen (secondary N) is 2. The van der Waals surface area contributed by atoms with Crippen molar-refractivity contribution in [2.75, 3.05) is 18.9 Å². The second kappa shape index (κ2) is 5.69. The fourth-order valence-corrected chi connectivity index (χ4v) is 3.10. The highest BCUT2D eigenvalue weighted by Gasteiger charge is 2.45. The molecule has 0 saturated carbocycles. The van der Waals surface area contributed by atoms with Gasteiger partial charge in [-0.1, -0.05) is 30.3 Å². The zero-order valence-electron chi connectivity index (χ0n) is 12.2. The zero-order valence-corrected chi connectivity index (χ0v) is 12.2. The highest BCUT2D eigenvalue weighted by molar-refractivity contribution is 5.97. The summed E-state index contributed by atoms with van der Waals surface area (Å²) < 4.78 is 0. The molecule has 2 aromatic rings. The minimum atomic E-state index is -0.492. The molecule has 0 bridgehead atoms. The highest BCUT2D eigenvalue weighted by Crippen LogP contribution is 2.32. The van der Waals surface area contributed by atoms with Crippen LogP contribution in [0.1, 0.15) is 18.4 Å². The molecule has 1 aromatic carbocycles. The fraction of sp³-hybridized carbons (Fsp3) is 0.375. The number of nitrogens with zero attached hydrogens (tertiary/aromatic N) is 2. The Morgan fingerprint density at radius 1 is 1.43 bits per heavy atom. The van der Waals surface area contributed by atoms with Crippen molar-refractivity contribution < 1.29 is 4.79 Å². The zero-order chi connectivity index (χ0) is 14.7. The van der Waals surface area contributed by atoms with E-state index in [0.29, 0.717) is 5.95 Å². The van der Waals surface area contributed by atoms with E-state index in [2.05, 4.69) is 32.3 Å². The van der Waals surface area contributed by atoms with Crippen molar-refractivity contribution in [3.05, 3.63) is 48.3 Å². The van der Waals surface area contributed by atoms with E-state index in [4.69, 9.17) is 0 Å². The molecule has 5 heteroatoms. The molecule has 1 saturated heterocycles. The van der Waals surface area contributed by atoms with Crippen molar-refractivity contribution in [1.29, 1.82) is 0 Å². The topological polar surface area (TPSA) is 61.0 Å². The van der Waals surface area contributed by atoms with Gasteiger partial charge in [-0.3, -0.25) is 15.0 Å². The first-order valence-electron chi connectivity index (χ1n) is 7.27. The van der Waals surface area contributed by atoms with Crippen molar-refractivity contribution >= 4 is 11.9 Å². The molecule has 1 aromatic heterocycles. The number of likely N-dealkylation sites (tertiary alicyclic amines) is 1. The molecule has 0 radical (unpaired) electrons. The van der Waals surface area contributed by atoms with Crippen LogP contribution >= 0.6 is 0 Å². The Bertz CT molecular complexity index is 596. The molecule has 3 rings (SSSR count). The number of aromatic nitrogens is 2. The SMILES string of the molecule is CN1CCCC1(Cc1ccccc1)C(=O)Nc1ncc[nH]1. The molecular weight excluding hydrogens is 264 g/mol. The van der Waals surface area contributed by atoms with Crippen LogP contribution in [0.5, 0.6) is 0 Å². The molecule has 21 heavy (non-hydrogen) atoms. The van der Waals surface area contributed by atoms with Gasteiger partial charge >= 0.3 is 0 Å². The van der Waals surface area contributed by atoms with Crippen LogP contribution in [0.4, 0.5) is 5.95 Å². The molecule has 5 nitrogen and oxygen atoms in total. The average molecular weight is 284 g/mol. The van der Waals surface area contributed by atoms with E-state index < -0.39 is 5.54 Å². The predicted molar refractivity (Wildman–Crippen MR) is 82.0 cm³/mol. The van der Waals surface area contributed by atoms with Gasteiger partial charge in [0.15, 0.2) is 0 Å². The van der Waals surface area contributed by atoms with Gasteiger partial charge in [-0.05, 0) is 38.4 Å². The minimum Gasteiger partial charge on any atom is -0.331 e. The summed E-state index contributed by atoms with van der Waals surface area (Å²) in [6, 6.07) is 10.2. The number of anilines is 1. The number of benzene rings is 1. The van der Waals surface area contributed by atoms with Crippen LogP contribution in [-0.2, 0) is 11.2 Å². The van der Waals surface area contributed by atoms with Crippen molar-refractivity contribution in [3.63, 3.8) is 0 Å². The Morgan fingerprint density at radius 2 is 2.24 bits per heavy atom. The maximum atomic E-state index is 12.8.